The van der Waals surface area contributed by atoms with Crippen molar-refractivity contribution in [1.29, 1.82) is 0 Å². The standard InChI is InChI=1S/C20H29NO3/c1-19(2,3)15-7-9-16(10-8-15)21-17(22)13-20(14-18(23)24)11-5-4-6-12-20/h7-10H,4-6,11-14H2,1-3H3,(H,21,22)(H,23,24). The van der Waals surface area contributed by atoms with Gasteiger partial charge in [0.05, 0.1) is 6.42 Å². The maximum Gasteiger partial charge on any atom is 0.303 e. The van der Waals surface area contributed by atoms with E-state index in [1.807, 2.05) is 24.3 Å². The van der Waals surface area contributed by atoms with Gasteiger partial charge in [-0.1, -0.05) is 52.2 Å². The summed E-state index contributed by atoms with van der Waals surface area (Å²) >= 11 is 0. The maximum atomic E-state index is 12.4. The molecule has 0 aromatic heterocycles. The van der Waals surface area contributed by atoms with Crippen molar-refractivity contribution in [2.75, 3.05) is 5.32 Å². The zero-order chi connectivity index (χ0) is 17.8. The van der Waals surface area contributed by atoms with Crippen LogP contribution in [-0.4, -0.2) is 17.0 Å². The molecule has 0 heterocycles. The minimum absolute atomic E-state index is 0.0795. The molecule has 1 fully saturated rings. The number of anilines is 1. The Bertz CT molecular complexity index is 578. The molecular weight excluding hydrogens is 302 g/mol. The van der Waals surface area contributed by atoms with E-state index >= 15 is 0 Å². The molecule has 1 aromatic carbocycles. The summed E-state index contributed by atoms with van der Waals surface area (Å²) in [6.07, 6.45) is 5.20. The molecule has 0 radical (unpaired) electrons. The lowest BCUT2D eigenvalue weighted by atomic mass is 9.69. The van der Waals surface area contributed by atoms with Crippen molar-refractivity contribution in [3.05, 3.63) is 29.8 Å². The molecule has 132 valence electrons. The number of carbonyl (C=O) groups excluding carboxylic acids is 1. The van der Waals surface area contributed by atoms with Crippen molar-refractivity contribution < 1.29 is 14.7 Å². The van der Waals surface area contributed by atoms with Gasteiger partial charge in [0.15, 0.2) is 0 Å². The van der Waals surface area contributed by atoms with E-state index in [2.05, 4.69) is 26.1 Å². The number of hydrogen-bond donors (Lipinski definition) is 2. The lowest BCUT2D eigenvalue weighted by Gasteiger charge is -2.35. The molecule has 1 aromatic rings. The van der Waals surface area contributed by atoms with Crippen LogP contribution >= 0.6 is 0 Å². The number of aliphatic carboxylic acids is 1. The fourth-order valence-corrected chi connectivity index (χ4v) is 3.64. The molecule has 0 aliphatic heterocycles. The van der Waals surface area contributed by atoms with Crippen molar-refractivity contribution >= 4 is 17.6 Å². The Hall–Kier alpha value is -1.84. The first-order valence-electron chi connectivity index (χ1n) is 8.82. The van der Waals surface area contributed by atoms with E-state index in [0.717, 1.165) is 37.8 Å². The van der Waals surface area contributed by atoms with Gasteiger partial charge in [0, 0.05) is 12.1 Å². The number of amides is 1. The quantitative estimate of drug-likeness (QED) is 0.819. The Morgan fingerprint density at radius 2 is 1.62 bits per heavy atom. The van der Waals surface area contributed by atoms with E-state index in [1.165, 1.54) is 5.56 Å². The number of carboxylic acid groups (broad SMARTS) is 1. The van der Waals surface area contributed by atoms with Crippen LogP contribution in [0.4, 0.5) is 5.69 Å². The molecule has 0 saturated heterocycles. The highest BCUT2D eigenvalue weighted by atomic mass is 16.4. The monoisotopic (exact) mass is 331 g/mol. The van der Waals surface area contributed by atoms with E-state index in [9.17, 15) is 14.7 Å². The van der Waals surface area contributed by atoms with Gasteiger partial charge in [-0.05, 0) is 41.4 Å². The lowest BCUT2D eigenvalue weighted by molar-refractivity contribution is -0.140. The predicted octanol–water partition coefficient (Wildman–Crippen LogP) is 4.74. The molecule has 2 N–H and O–H groups in total. The van der Waals surface area contributed by atoms with Crippen LogP contribution in [0.2, 0.25) is 0 Å². The van der Waals surface area contributed by atoms with Crippen LogP contribution in [-0.2, 0) is 15.0 Å². The summed E-state index contributed by atoms with van der Waals surface area (Å²) in [5, 5.41) is 12.1. The Morgan fingerprint density at radius 3 is 2.12 bits per heavy atom. The van der Waals surface area contributed by atoms with Crippen LogP contribution in [0.25, 0.3) is 0 Å². The first-order chi connectivity index (χ1) is 11.2. The number of benzene rings is 1. The molecule has 0 bridgehead atoms. The predicted molar refractivity (Wildman–Crippen MR) is 96.2 cm³/mol. The third-order valence-corrected chi connectivity index (χ3v) is 5.01. The van der Waals surface area contributed by atoms with E-state index in [0.29, 0.717) is 6.42 Å². The fourth-order valence-electron chi connectivity index (χ4n) is 3.64. The molecule has 0 atom stereocenters. The molecule has 4 heteroatoms. The molecule has 1 saturated carbocycles. The van der Waals surface area contributed by atoms with Crippen molar-refractivity contribution in [2.45, 2.75) is 71.1 Å². The molecule has 1 aliphatic carbocycles. The van der Waals surface area contributed by atoms with Crippen LogP contribution < -0.4 is 5.32 Å². The SMILES string of the molecule is CC(C)(C)c1ccc(NC(=O)CC2(CC(=O)O)CCCCC2)cc1. The minimum atomic E-state index is -0.806. The third-order valence-electron chi connectivity index (χ3n) is 5.01. The molecule has 1 aliphatic rings. The maximum absolute atomic E-state index is 12.4. The first-order valence-corrected chi connectivity index (χ1v) is 8.82. The molecule has 0 spiro atoms. The normalized spacial score (nSPS) is 17.3. The minimum Gasteiger partial charge on any atom is -0.481 e. The largest absolute Gasteiger partial charge is 0.481 e. The van der Waals surface area contributed by atoms with Crippen LogP contribution in [0, 0.1) is 5.41 Å². The second-order valence-electron chi connectivity index (χ2n) is 8.18. The summed E-state index contributed by atoms with van der Waals surface area (Å²) in [5.41, 5.74) is 1.69. The molecule has 4 nitrogen and oxygen atoms in total. The van der Waals surface area contributed by atoms with Crippen molar-refractivity contribution in [3.8, 4) is 0 Å². The summed E-state index contributed by atoms with van der Waals surface area (Å²) in [6, 6.07) is 7.90. The number of carboxylic acids is 1. The zero-order valence-electron chi connectivity index (χ0n) is 15.0. The van der Waals surface area contributed by atoms with E-state index in [4.69, 9.17) is 0 Å². The number of hydrogen-bond acceptors (Lipinski definition) is 2. The van der Waals surface area contributed by atoms with Gasteiger partial charge in [-0.2, -0.15) is 0 Å². The van der Waals surface area contributed by atoms with E-state index in [-0.39, 0.29) is 23.2 Å². The van der Waals surface area contributed by atoms with Crippen LogP contribution in [0.15, 0.2) is 24.3 Å². The second kappa shape index (κ2) is 7.37. The summed E-state index contributed by atoms with van der Waals surface area (Å²) in [6.45, 7) is 6.46. The lowest BCUT2D eigenvalue weighted by Crippen LogP contribution is -2.32. The van der Waals surface area contributed by atoms with E-state index < -0.39 is 5.97 Å². The highest BCUT2D eigenvalue weighted by molar-refractivity contribution is 5.91. The average molecular weight is 331 g/mol. The van der Waals surface area contributed by atoms with Gasteiger partial charge in [0.1, 0.15) is 0 Å². The summed E-state index contributed by atoms with van der Waals surface area (Å²) in [4.78, 5) is 23.7. The summed E-state index contributed by atoms with van der Waals surface area (Å²) < 4.78 is 0. The topological polar surface area (TPSA) is 66.4 Å². The smallest absolute Gasteiger partial charge is 0.303 e. The fraction of sp³-hybridized carbons (Fsp3) is 0.600. The van der Waals surface area contributed by atoms with Crippen molar-refractivity contribution in [1.82, 2.24) is 0 Å². The van der Waals surface area contributed by atoms with Gasteiger partial charge >= 0.3 is 5.97 Å². The Morgan fingerprint density at radius 1 is 1.04 bits per heavy atom. The van der Waals surface area contributed by atoms with Crippen LogP contribution in [0.3, 0.4) is 0 Å². The van der Waals surface area contributed by atoms with E-state index in [1.54, 1.807) is 0 Å². The Balaban J connectivity index is 2.01. The number of rotatable bonds is 5. The van der Waals surface area contributed by atoms with Gasteiger partial charge in [-0.25, -0.2) is 0 Å². The molecule has 2 rings (SSSR count). The highest BCUT2D eigenvalue weighted by Crippen LogP contribution is 2.42. The summed E-state index contributed by atoms with van der Waals surface area (Å²) in [7, 11) is 0. The van der Waals surface area contributed by atoms with Gasteiger partial charge in [-0.15, -0.1) is 0 Å². The zero-order valence-corrected chi connectivity index (χ0v) is 15.0. The first kappa shape index (κ1) is 18.5. The highest BCUT2D eigenvalue weighted by Gasteiger charge is 2.36. The summed E-state index contributed by atoms with van der Waals surface area (Å²) in [5.74, 6) is -0.888. The molecular formula is C20H29NO3. The van der Waals surface area contributed by atoms with Crippen molar-refractivity contribution in [3.63, 3.8) is 0 Å². The molecule has 1 amide bonds. The van der Waals surface area contributed by atoms with Gasteiger partial charge in [-0.3, -0.25) is 9.59 Å². The number of carbonyl (C=O) groups is 2. The molecule has 24 heavy (non-hydrogen) atoms. The molecule has 0 unspecified atom stereocenters. The van der Waals surface area contributed by atoms with Gasteiger partial charge in [0.25, 0.3) is 0 Å². The van der Waals surface area contributed by atoms with Gasteiger partial charge < -0.3 is 10.4 Å². The third kappa shape index (κ3) is 5.08. The van der Waals surface area contributed by atoms with Crippen LogP contribution in [0.5, 0.6) is 0 Å². The Kier molecular flexibility index (Phi) is 5.68. The average Bonchev–Trinajstić information content (AvgIpc) is 2.46. The number of nitrogens with one attached hydrogen (secondary N) is 1. The van der Waals surface area contributed by atoms with Gasteiger partial charge in [0.2, 0.25) is 5.91 Å². The van der Waals surface area contributed by atoms with Crippen LogP contribution in [0.1, 0.15) is 71.3 Å². The second-order valence-corrected chi connectivity index (χ2v) is 8.18. The van der Waals surface area contributed by atoms with Crippen molar-refractivity contribution in [2.24, 2.45) is 5.41 Å². The Labute approximate surface area is 144 Å².